The van der Waals surface area contributed by atoms with Gasteiger partial charge in [0.1, 0.15) is 6.23 Å². The van der Waals surface area contributed by atoms with Crippen LogP contribution in [0.15, 0.2) is 54.6 Å². The molecule has 3 rings (SSSR count). The van der Waals surface area contributed by atoms with Crippen molar-refractivity contribution in [3.63, 3.8) is 0 Å². The number of benzene rings is 2. The summed E-state index contributed by atoms with van der Waals surface area (Å²) in [7, 11) is 0. The molecule has 2 unspecified atom stereocenters. The number of aliphatic hydroxyl groups excluding tert-OH is 1. The third-order valence-corrected chi connectivity index (χ3v) is 3.80. The van der Waals surface area contributed by atoms with Gasteiger partial charge in [0.05, 0.1) is 5.69 Å². The average Bonchev–Trinajstić information content (AvgIpc) is 2.91. The lowest BCUT2D eigenvalue weighted by molar-refractivity contribution is 0.122. The SMILES string of the molecule is Cc1ccc2[nH]c(C(O)NC(C)c3ccccc3)cc2c1. The number of aliphatic hydroxyl groups is 1. The molecule has 0 fully saturated rings. The molecule has 3 nitrogen and oxygen atoms in total. The monoisotopic (exact) mass is 280 g/mol. The summed E-state index contributed by atoms with van der Waals surface area (Å²) >= 11 is 0. The van der Waals surface area contributed by atoms with Gasteiger partial charge in [-0.25, -0.2) is 0 Å². The topological polar surface area (TPSA) is 48.0 Å². The van der Waals surface area contributed by atoms with Crippen molar-refractivity contribution in [2.45, 2.75) is 26.1 Å². The third kappa shape index (κ3) is 2.99. The highest BCUT2D eigenvalue weighted by Gasteiger charge is 2.14. The largest absolute Gasteiger partial charge is 0.373 e. The molecule has 3 N–H and O–H groups in total. The third-order valence-electron chi connectivity index (χ3n) is 3.80. The van der Waals surface area contributed by atoms with Crippen molar-refractivity contribution in [3.8, 4) is 0 Å². The highest BCUT2D eigenvalue weighted by Crippen LogP contribution is 2.22. The molecule has 3 heteroatoms. The highest BCUT2D eigenvalue weighted by atomic mass is 16.3. The van der Waals surface area contributed by atoms with Crippen molar-refractivity contribution in [3.05, 3.63) is 71.4 Å². The summed E-state index contributed by atoms with van der Waals surface area (Å²) < 4.78 is 0. The van der Waals surface area contributed by atoms with Crippen LogP contribution in [0.5, 0.6) is 0 Å². The summed E-state index contributed by atoms with van der Waals surface area (Å²) in [5.41, 5.74) is 4.21. The second-order valence-electron chi connectivity index (χ2n) is 5.52. The first-order valence-corrected chi connectivity index (χ1v) is 7.22. The van der Waals surface area contributed by atoms with Crippen LogP contribution < -0.4 is 5.32 Å². The minimum absolute atomic E-state index is 0.0781. The van der Waals surface area contributed by atoms with Gasteiger partial charge in [0.15, 0.2) is 0 Å². The zero-order valence-electron chi connectivity index (χ0n) is 12.3. The van der Waals surface area contributed by atoms with Crippen molar-refractivity contribution in [2.75, 3.05) is 0 Å². The molecule has 108 valence electrons. The Kier molecular flexibility index (Phi) is 3.78. The van der Waals surface area contributed by atoms with Crippen LogP contribution in [-0.2, 0) is 0 Å². The van der Waals surface area contributed by atoms with E-state index in [0.717, 1.165) is 22.2 Å². The summed E-state index contributed by atoms with van der Waals surface area (Å²) in [6, 6.07) is 18.4. The molecule has 1 aromatic heterocycles. The van der Waals surface area contributed by atoms with Crippen LogP contribution in [0.25, 0.3) is 10.9 Å². The number of rotatable bonds is 4. The molecule has 2 aromatic carbocycles. The standard InChI is InChI=1S/C18H20N2O/c1-12-8-9-16-15(10-12)11-17(20-16)18(21)19-13(2)14-6-4-3-5-7-14/h3-11,13,18-21H,1-2H3. The van der Waals surface area contributed by atoms with E-state index in [-0.39, 0.29) is 6.04 Å². The predicted molar refractivity (Wildman–Crippen MR) is 86.0 cm³/mol. The molecule has 2 atom stereocenters. The lowest BCUT2D eigenvalue weighted by Gasteiger charge is -2.18. The molecule has 0 radical (unpaired) electrons. The maximum absolute atomic E-state index is 10.4. The van der Waals surface area contributed by atoms with Gasteiger partial charge in [-0.05, 0) is 37.6 Å². The molecular formula is C18H20N2O. The Morgan fingerprint density at radius 1 is 1.05 bits per heavy atom. The van der Waals surface area contributed by atoms with Crippen LogP contribution in [0, 0.1) is 6.92 Å². The molecule has 0 aliphatic heterocycles. The highest BCUT2D eigenvalue weighted by molar-refractivity contribution is 5.81. The molecule has 0 saturated carbocycles. The first-order valence-electron chi connectivity index (χ1n) is 7.22. The summed E-state index contributed by atoms with van der Waals surface area (Å²) in [6.07, 6.45) is -0.715. The molecule has 0 saturated heterocycles. The van der Waals surface area contributed by atoms with Crippen molar-refractivity contribution < 1.29 is 5.11 Å². The lowest BCUT2D eigenvalue weighted by atomic mass is 10.1. The van der Waals surface area contributed by atoms with Gasteiger partial charge in [0.25, 0.3) is 0 Å². The number of aryl methyl sites for hydroxylation is 1. The van der Waals surface area contributed by atoms with Gasteiger partial charge in [-0.15, -0.1) is 0 Å². The molecular weight excluding hydrogens is 260 g/mol. The average molecular weight is 280 g/mol. The summed E-state index contributed by atoms with van der Waals surface area (Å²) in [5.74, 6) is 0. The second-order valence-corrected chi connectivity index (χ2v) is 5.52. The Labute approximate surface area is 124 Å². The molecule has 1 heterocycles. The van der Waals surface area contributed by atoms with E-state index >= 15 is 0 Å². The van der Waals surface area contributed by atoms with Crippen LogP contribution in [0.2, 0.25) is 0 Å². The smallest absolute Gasteiger partial charge is 0.146 e. The Hall–Kier alpha value is -2.10. The molecule has 0 spiro atoms. The molecule has 0 aliphatic carbocycles. The van der Waals surface area contributed by atoms with Crippen molar-refractivity contribution in [1.29, 1.82) is 0 Å². The number of hydrogen-bond acceptors (Lipinski definition) is 2. The maximum atomic E-state index is 10.4. The quantitative estimate of drug-likeness (QED) is 0.636. The molecule has 21 heavy (non-hydrogen) atoms. The van der Waals surface area contributed by atoms with E-state index < -0.39 is 6.23 Å². The van der Waals surface area contributed by atoms with Gasteiger partial charge in [-0.2, -0.15) is 0 Å². The minimum atomic E-state index is -0.715. The molecule has 0 bridgehead atoms. The van der Waals surface area contributed by atoms with Crippen LogP contribution in [0.1, 0.15) is 36.0 Å². The number of fused-ring (bicyclic) bond motifs is 1. The van der Waals surface area contributed by atoms with E-state index in [9.17, 15) is 5.11 Å². The Bertz CT molecular complexity index is 733. The summed E-state index contributed by atoms with van der Waals surface area (Å²) in [6.45, 7) is 4.11. The van der Waals surface area contributed by atoms with E-state index in [2.05, 4.69) is 41.5 Å². The van der Waals surface area contributed by atoms with Crippen molar-refractivity contribution in [2.24, 2.45) is 0 Å². The van der Waals surface area contributed by atoms with Gasteiger partial charge >= 0.3 is 0 Å². The van der Waals surface area contributed by atoms with Gasteiger partial charge < -0.3 is 10.1 Å². The van der Waals surface area contributed by atoms with Gasteiger partial charge in [-0.1, -0.05) is 42.0 Å². The van der Waals surface area contributed by atoms with Crippen LogP contribution in [-0.4, -0.2) is 10.1 Å². The zero-order valence-corrected chi connectivity index (χ0v) is 12.3. The fourth-order valence-electron chi connectivity index (χ4n) is 2.59. The van der Waals surface area contributed by atoms with Crippen LogP contribution in [0.4, 0.5) is 0 Å². The Morgan fingerprint density at radius 3 is 2.57 bits per heavy atom. The second kappa shape index (κ2) is 5.72. The van der Waals surface area contributed by atoms with Gasteiger partial charge in [0.2, 0.25) is 0 Å². The van der Waals surface area contributed by atoms with E-state index in [0.29, 0.717) is 0 Å². The van der Waals surface area contributed by atoms with E-state index in [1.54, 1.807) is 0 Å². The molecule has 0 aliphatic rings. The van der Waals surface area contributed by atoms with Crippen LogP contribution >= 0.6 is 0 Å². The Morgan fingerprint density at radius 2 is 1.81 bits per heavy atom. The number of aromatic nitrogens is 1. The normalized spacial score (nSPS) is 14.2. The fraction of sp³-hybridized carbons (Fsp3) is 0.222. The zero-order chi connectivity index (χ0) is 14.8. The summed E-state index contributed by atoms with van der Waals surface area (Å²) in [5, 5.41) is 14.7. The number of aromatic amines is 1. The van der Waals surface area contributed by atoms with Crippen LogP contribution in [0.3, 0.4) is 0 Å². The molecule has 0 amide bonds. The summed E-state index contributed by atoms with van der Waals surface area (Å²) in [4.78, 5) is 3.27. The predicted octanol–water partition coefficient (Wildman–Crippen LogP) is 3.82. The maximum Gasteiger partial charge on any atom is 0.146 e. The molecule has 3 aromatic rings. The number of H-pyrrole nitrogens is 1. The number of nitrogens with one attached hydrogen (secondary N) is 2. The van der Waals surface area contributed by atoms with Gasteiger partial charge in [-0.3, -0.25) is 5.32 Å². The van der Waals surface area contributed by atoms with Crippen molar-refractivity contribution >= 4 is 10.9 Å². The number of hydrogen-bond donors (Lipinski definition) is 3. The van der Waals surface area contributed by atoms with Gasteiger partial charge in [0, 0.05) is 16.9 Å². The fourth-order valence-corrected chi connectivity index (χ4v) is 2.59. The lowest BCUT2D eigenvalue weighted by Crippen LogP contribution is -2.24. The van der Waals surface area contributed by atoms with E-state index in [1.165, 1.54) is 5.56 Å². The first kappa shape index (κ1) is 13.9. The van der Waals surface area contributed by atoms with Crippen molar-refractivity contribution in [1.82, 2.24) is 10.3 Å². The minimum Gasteiger partial charge on any atom is -0.373 e. The van der Waals surface area contributed by atoms with E-state index in [4.69, 9.17) is 0 Å². The Balaban J connectivity index is 1.79. The first-order chi connectivity index (χ1) is 10.1. The van der Waals surface area contributed by atoms with E-state index in [1.807, 2.05) is 37.3 Å².